The van der Waals surface area contributed by atoms with Crippen LogP contribution in [0.15, 0.2) is 36.5 Å². The van der Waals surface area contributed by atoms with Gasteiger partial charge in [0.25, 0.3) is 5.91 Å². The lowest BCUT2D eigenvalue weighted by atomic mass is 10.1. The second-order valence-electron chi connectivity index (χ2n) is 3.37. The summed E-state index contributed by atoms with van der Waals surface area (Å²) in [6.45, 7) is 0.377. The van der Waals surface area contributed by atoms with Crippen LogP contribution in [-0.2, 0) is 0 Å². The summed E-state index contributed by atoms with van der Waals surface area (Å²) in [6.07, 6.45) is 1.44. The first-order valence-corrected chi connectivity index (χ1v) is 6.23. The Morgan fingerprint density at radius 1 is 1.41 bits per heavy atom. The number of carbonyl (C=O) groups excluding carboxylic acids is 1. The zero-order valence-electron chi connectivity index (χ0n) is 8.84. The number of aromatic nitrogens is 2. The topological polar surface area (TPSA) is 54.9 Å². The average molecular weight is 268 g/mol. The molecule has 0 bridgehead atoms. The molecule has 0 aliphatic heterocycles. The maximum atomic E-state index is 11.6. The van der Waals surface area contributed by atoms with Crippen LogP contribution >= 0.6 is 23.1 Å². The molecular formula is C11H10ClN3OS. The van der Waals surface area contributed by atoms with Crippen LogP contribution in [0.4, 0.5) is 0 Å². The van der Waals surface area contributed by atoms with Crippen LogP contribution in [0.25, 0.3) is 0 Å². The molecule has 0 spiro atoms. The highest BCUT2D eigenvalue weighted by atomic mass is 35.5. The normalized spacial score (nSPS) is 12.1. The summed E-state index contributed by atoms with van der Waals surface area (Å²) < 4.78 is 3.63. The summed E-state index contributed by atoms with van der Waals surface area (Å²) >= 11 is 7.23. The lowest BCUT2D eigenvalue weighted by Gasteiger charge is -2.10. The van der Waals surface area contributed by atoms with Crippen molar-refractivity contribution in [3.8, 4) is 0 Å². The number of nitrogens with zero attached hydrogens (tertiary/aromatic N) is 2. The van der Waals surface area contributed by atoms with E-state index in [0.29, 0.717) is 11.4 Å². The van der Waals surface area contributed by atoms with E-state index in [1.807, 2.05) is 30.3 Å². The molecular weight excluding hydrogens is 258 g/mol. The molecule has 0 saturated heterocycles. The molecule has 0 fully saturated rings. The minimum Gasteiger partial charge on any atom is -0.349 e. The van der Waals surface area contributed by atoms with E-state index in [1.54, 1.807) is 0 Å². The molecule has 4 nitrogen and oxygen atoms in total. The molecule has 2 rings (SSSR count). The third kappa shape index (κ3) is 3.25. The van der Waals surface area contributed by atoms with E-state index in [1.165, 1.54) is 6.20 Å². The van der Waals surface area contributed by atoms with Gasteiger partial charge in [0.1, 0.15) is 4.88 Å². The predicted molar refractivity (Wildman–Crippen MR) is 67.3 cm³/mol. The number of nitrogens with one attached hydrogen (secondary N) is 1. The Morgan fingerprint density at radius 3 is 2.82 bits per heavy atom. The SMILES string of the molecule is O=C(NCC(Cl)c1ccccc1)c1cnns1. The molecule has 1 heterocycles. The van der Waals surface area contributed by atoms with Crippen molar-refractivity contribution in [3.05, 3.63) is 47.0 Å². The molecule has 88 valence electrons. The smallest absolute Gasteiger partial charge is 0.264 e. The molecule has 0 radical (unpaired) electrons. The second-order valence-corrected chi connectivity index (χ2v) is 4.68. The number of carbonyl (C=O) groups is 1. The van der Waals surface area contributed by atoms with E-state index in [-0.39, 0.29) is 11.3 Å². The van der Waals surface area contributed by atoms with Crippen molar-refractivity contribution >= 4 is 29.0 Å². The highest BCUT2D eigenvalue weighted by Gasteiger charge is 2.12. The summed E-state index contributed by atoms with van der Waals surface area (Å²) in [5.74, 6) is -0.193. The van der Waals surface area contributed by atoms with E-state index < -0.39 is 0 Å². The fourth-order valence-electron chi connectivity index (χ4n) is 1.32. The van der Waals surface area contributed by atoms with Gasteiger partial charge in [0.05, 0.1) is 11.6 Å². The molecule has 1 aromatic carbocycles. The van der Waals surface area contributed by atoms with Gasteiger partial charge in [-0.1, -0.05) is 34.8 Å². The van der Waals surface area contributed by atoms with Gasteiger partial charge in [-0.3, -0.25) is 4.79 Å². The van der Waals surface area contributed by atoms with Crippen LogP contribution < -0.4 is 5.32 Å². The molecule has 1 amide bonds. The lowest BCUT2D eigenvalue weighted by molar-refractivity contribution is 0.0957. The van der Waals surface area contributed by atoms with Crippen molar-refractivity contribution in [2.45, 2.75) is 5.38 Å². The van der Waals surface area contributed by atoms with E-state index in [4.69, 9.17) is 11.6 Å². The number of rotatable bonds is 4. The Balaban J connectivity index is 1.89. The van der Waals surface area contributed by atoms with Gasteiger partial charge in [0, 0.05) is 6.54 Å². The number of hydrogen-bond donors (Lipinski definition) is 1. The van der Waals surface area contributed by atoms with E-state index in [2.05, 4.69) is 14.9 Å². The number of halogens is 1. The van der Waals surface area contributed by atoms with Crippen LogP contribution in [0.3, 0.4) is 0 Å². The number of hydrogen-bond acceptors (Lipinski definition) is 4. The third-order valence-electron chi connectivity index (χ3n) is 2.19. The second kappa shape index (κ2) is 5.75. The summed E-state index contributed by atoms with van der Waals surface area (Å²) in [5.41, 5.74) is 0.983. The first-order valence-electron chi connectivity index (χ1n) is 5.02. The van der Waals surface area contributed by atoms with Crippen molar-refractivity contribution in [2.24, 2.45) is 0 Å². The maximum Gasteiger partial charge on any atom is 0.264 e. The van der Waals surface area contributed by atoms with Gasteiger partial charge in [-0.05, 0) is 17.1 Å². The third-order valence-corrected chi connectivity index (χ3v) is 3.26. The predicted octanol–water partition coefficient (Wildman–Crippen LogP) is 2.25. The zero-order valence-corrected chi connectivity index (χ0v) is 10.4. The fraction of sp³-hybridized carbons (Fsp3) is 0.182. The minimum absolute atomic E-state index is 0.193. The Bertz CT molecular complexity index is 475. The largest absolute Gasteiger partial charge is 0.349 e. The molecule has 0 aliphatic carbocycles. The van der Waals surface area contributed by atoms with Gasteiger partial charge in [-0.25, -0.2) is 0 Å². The number of benzene rings is 1. The maximum absolute atomic E-state index is 11.6. The highest BCUT2D eigenvalue weighted by molar-refractivity contribution is 7.07. The lowest BCUT2D eigenvalue weighted by Crippen LogP contribution is -2.26. The zero-order chi connectivity index (χ0) is 12.1. The van der Waals surface area contributed by atoms with Gasteiger partial charge < -0.3 is 5.32 Å². The first-order chi connectivity index (χ1) is 8.27. The van der Waals surface area contributed by atoms with Crippen molar-refractivity contribution in [1.82, 2.24) is 14.9 Å². The van der Waals surface area contributed by atoms with Crippen molar-refractivity contribution in [3.63, 3.8) is 0 Å². The Morgan fingerprint density at radius 2 is 2.18 bits per heavy atom. The molecule has 2 aromatic rings. The molecule has 1 aromatic heterocycles. The summed E-state index contributed by atoms with van der Waals surface area (Å²) in [5, 5.41) is 6.11. The molecule has 6 heteroatoms. The molecule has 1 N–H and O–H groups in total. The fourth-order valence-corrected chi connectivity index (χ4v) is 1.97. The van der Waals surface area contributed by atoms with Crippen LogP contribution in [0.2, 0.25) is 0 Å². The monoisotopic (exact) mass is 267 g/mol. The summed E-state index contributed by atoms with van der Waals surface area (Å²) in [7, 11) is 0. The summed E-state index contributed by atoms with van der Waals surface area (Å²) in [4.78, 5) is 12.1. The van der Waals surface area contributed by atoms with Crippen LogP contribution in [0, 0.1) is 0 Å². The highest BCUT2D eigenvalue weighted by Crippen LogP contribution is 2.18. The van der Waals surface area contributed by atoms with Gasteiger partial charge in [0.15, 0.2) is 0 Å². The van der Waals surface area contributed by atoms with E-state index in [0.717, 1.165) is 17.1 Å². The van der Waals surface area contributed by atoms with Crippen molar-refractivity contribution in [1.29, 1.82) is 0 Å². The van der Waals surface area contributed by atoms with Crippen LogP contribution in [-0.4, -0.2) is 22.0 Å². The van der Waals surface area contributed by atoms with Crippen molar-refractivity contribution < 1.29 is 4.79 Å². The van der Waals surface area contributed by atoms with E-state index in [9.17, 15) is 4.79 Å². The quantitative estimate of drug-likeness (QED) is 0.865. The van der Waals surface area contributed by atoms with E-state index >= 15 is 0 Å². The van der Waals surface area contributed by atoms with Crippen LogP contribution in [0.1, 0.15) is 20.6 Å². The molecule has 0 saturated carbocycles. The van der Waals surface area contributed by atoms with Crippen LogP contribution in [0.5, 0.6) is 0 Å². The first kappa shape index (κ1) is 12.0. The Labute approximate surface area is 108 Å². The van der Waals surface area contributed by atoms with Gasteiger partial charge in [0.2, 0.25) is 0 Å². The summed E-state index contributed by atoms with van der Waals surface area (Å²) in [6, 6.07) is 9.62. The van der Waals surface area contributed by atoms with Gasteiger partial charge in [-0.15, -0.1) is 16.7 Å². The molecule has 1 unspecified atom stereocenters. The molecule has 0 aliphatic rings. The number of amides is 1. The van der Waals surface area contributed by atoms with Gasteiger partial charge >= 0.3 is 0 Å². The Hall–Kier alpha value is -1.46. The average Bonchev–Trinajstić information content (AvgIpc) is 2.90. The molecule has 17 heavy (non-hydrogen) atoms. The standard InChI is InChI=1S/C11H10ClN3OS/c12-9(8-4-2-1-3-5-8)6-13-11(16)10-7-14-15-17-10/h1-5,7,9H,6H2,(H,13,16). The van der Waals surface area contributed by atoms with Gasteiger partial charge in [-0.2, -0.15) is 0 Å². The molecule has 1 atom stereocenters. The Kier molecular flexibility index (Phi) is 4.06. The number of alkyl halides is 1. The van der Waals surface area contributed by atoms with Crippen molar-refractivity contribution in [2.75, 3.05) is 6.54 Å². The minimum atomic E-state index is -0.235.